The molecular formula is C26H34Cl2N2OS. The van der Waals surface area contributed by atoms with E-state index in [0.29, 0.717) is 28.6 Å². The first-order valence-corrected chi connectivity index (χ1v) is 13.6. The number of hydrogen-bond acceptors (Lipinski definition) is 4. The van der Waals surface area contributed by atoms with Crippen molar-refractivity contribution < 1.29 is 4.79 Å². The number of ketones is 1. The fourth-order valence-corrected chi connectivity index (χ4v) is 6.63. The Morgan fingerprint density at radius 2 is 1.94 bits per heavy atom. The molecule has 2 atom stereocenters. The molecule has 2 aromatic rings. The van der Waals surface area contributed by atoms with Gasteiger partial charge in [0.15, 0.2) is 0 Å². The van der Waals surface area contributed by atoms with Crippen LogP contribution >= 0.6 is 34.5 Å². The fourth-order valence-electron chi connectivity index (χ4n) is 5.44. The predicted octanol–water partition coefficient (Wildman–Crippen LogP) is 6.74. The Hall–Kier alpha value is -0.910. The number of hydrogen-bond donors (Lipinski definition) is 0. The second kappa shape index (κ2) is 11.5. The van der Waals surface area contributed by atoms with Crippen LogP contribution < -0.4 is 0 Å². The molecule has 0 spiro atoms. The van der Waals surface area contributed by atoms with Gasteiger partial charge in [-0.3, -0.25) is 9.69 Å². The minimum absolute atomic E-state index is 0.454. The number of piperidine rings is 1. The monoisotopic (exact) mass is 492 g/mol. The predicted molar refractivity (Wildman–Crippen MR) is 136 cm³/mol. The molecule has 0 aliphatic carbocycles. The lowest BCUT2D eigenvalue weighted by Crippen LogP contribution is -2.39. The summed E-state index contributed by atoms with van der Waals surface area (Å²) in [5.74, 6) is 2.23. The third-order valence-electron chi connectivity index (χ3n) is 7.14. The van der Waals surface area contributed by atoms with Crippen molar-refractivity contribution in [3.8, 4) is 0 Å². The Morgan fingerprint density at radius 1 is 1.12 bits per heavy atom. The van der Waals surface area contributed by atoms with Gasteiger partial charge in [-0.25, -0.2) is 0 Å². The summed E-state index contributed by atoms with van der Waals surface area (Å²) < 4.78 is 0. The van der Waals surface area contributed by atoms with E-state index in [1.165, 1.54) is 5.56 Å². The van der Waals surface area contributed by atoms with Gasteiger partial charge in [0.05, 0.1) is 0 Å². The van der Waals surface area contributed by atoms with Crippen LogP contribution in [-0.2, 0) is 11.3 Å². The van der Waals surface area contributed by atoms with Gasteiger partial charge in [-0.15, -0.1) is 0 Å². The Morgan fingerprint density at radius 3 is 2.62 bits per heavy atom. The molecule has 0 saturated carbocycles. The van der Waals surface area contributed by atoms with Gasteiger partial charge in [-0.2, -0.15) is 11.3 Å². The minimum atomic E-state index is 0.454. The minimum Gasteiger partial charge on any atom is -0.303 e. The highest BCUT2D eigenvalue weighted by Gasteiger charge is 2.36. The van der Waals surface area contributed by atoms with Crippen molar-refractivity contribution in [2.75, 3.05) is 32.7 Å². The second-order valence-electron chi connectivity index (χ2n) is 9.59. The van der Waals surface area contributed by atoms with E-state index in [1.54, 1.807) is 11.3 Å². The molecule has 3 nitrogen and oxygen atoms in total. The van der Waals surface area contributed by atoms with Gasteiger partial charge in [0.2, 0.25) is 0 Å². The Labute approximate surface area is 206 Å². The summed E-state index contributed by atoms with van der Waals surface area (Å²) >= 11 is 14.3. The maximum atomic E-state index is 12.0. The number of carbonyl (C=O) groups is 1. The molecule has 2 unspecified atom stereocenters. The largest absolute Gasteiger partial charge is 0.303 e. The van der Waals surface area contributed by atoms with Crippen molar-refractivity contribution in [1.29, 1.82) is 0 Å². The zero-order chi connectivity index (χ0) is 22.5. The van der Waals surface area contributed by atoms with E-state index in [0.717, 1.165) is 82.0 Å². The Balaban J connectivity index is 1.35. The number of likely N-dealkylation sites (tertiary alicyclic amines) is 2. The molecule has 2 aliphatic rings. The van der Waals surface area contributed by atoms with Crippen LogP contribution in [0, 0.1) is 11.8 Å². The van der Waals surface area contributed by atoms with E-state index in [9.17, 15) is 4.79 Å². The summed E-state index contributed by atoms with van der Waals surface area (Å²) in [6.07, 6.45) is 4.84. The molecule has 32 heavy (non-hydrogen) atoms. The van der Waals surface area contributed by atoms with Gasteiger partial charge in [0.25, 0.3) is 0 Å². The number of rotatable bonds is 9. The molecule has 2 saturated heterocycles. The smallest absolute Gasteiger partial charge is 0.133 e. The van der Waals surface area contributed by atoms with Crippen molar-refractivity contribution in [1.82, 2.24) is 9.80 Å². The van der Waals surface area contributed by atoms with Crippen molar-refractivity contribution in [2.45, 2.75) is 51.5 Å². The first kappa shape index (κ1) is 24.2. The standard InChI is InChI=1S/C26H34Cl2N2OS/c1-2-3-24(31)12-19-6-9-29(10-7-19)15-22-16-30(17-25(22)21-8-11-32-18-21)14-20-4-5-23(27)13-26(20)28/h4-5,8,11,13,18-19,22,25H,2-3,6-7,9-10,12,14-17H2,1H3. The number of benzene rings is 1. The molecule has 2 aliphatic heterocycles. The quantitative estimate of drug-likeness (QED) is 0.387. The number of carbonyl (C=O) groups excluding carboxylic acids is 1. The normalized spacial score (nSPS) is 23.1. The number of Topliss-reactive ketones (excluding diaryl/α,β-unsaturated/α-hetero) is 1. The first-order chi connectivity index (χ1) is 15.5. The maximum absolute atomic E-state index is 12.0. The zero-order valence-corrected chi connectivity index (χ0v) is 21.3. The number of halogens is 2. The summed E-state index contributed by atoms with van der Waals surface area (Å²) in [5, 5.41) is 5.97. The SMILES string of the molecule is CCCC(=O)CC1CCN(CC2CN(Cc3ccc(Cl)cc3Cl)CC2c2ccsc2)CC1. The summed E-state index contributed by atoms with van der Waals surface area (Å²) in [6, 6.07) is 8.13. The average Bonchev–Trinajstić information content (AvgIpc) is 3.42. The summed E-state index contributed by atoms with van der Waals surface area (Å²) in [4.78, 5) is 17.2. The number of nitrogens with zero attached hydrogens (tertiary/aromatic N) is 2. The fraction of sp³-hybridized carbons (Fsp3) is 0.577. The van der Waals surface area contributed by atoms with Gasteiger partial charge >= 0.3 is 0 Å². The molecule has 1 aromatic carbocycles. The lowest BCUT2D eigenvalue weighted by molar-refractivity contribution is -0.120. The Kier molecular flexibility index (Phi) is 8.69. The van der Waals surface area contributed by atoms with Crippen molar-refractivity contribution in [2.24, 2.45) is 11.8 Å². The molecule has 0 radical (unpaired) electrons. The first-order valence-electron chi connectivity index (χ1n) is 11.9. The van der Waals surface area contributed by atoms with E-state index < -0.39 is 0 Å². The van der Waals surface area contributed by atoms with Crippen molar-refractivity contribution >= 4 is 40.3 Å². The molecule has 0 amide bonds. The van der Waals surface area contributed by atoms with E-state index >= 15 is 0 Å². The van der Waals surface area contributed by atoms with Crippen LogP contribution in [0.2, 0.25) is 10.0 Å². The van der Waals surface area contributed by atoms with E-state index in [1.807, 2.05) is 12.1 Å². The van der Waals surface area contributed by atoms with E-state index in [2.05, 4.69) is 39.6 Å². The number of thiophene rings is 1. The van der Waals surface area contributed by atoms with Crippen molar-refractivity contribution in [3.05, 3.63) is 56.2 Å². The van der Waals surface area contributed by atoms with Gasteiger partial charge in [0.1, 0.15) is 5.78 Å². The van der Waals surface area contributed by atoms with Gasteiger partial charge in [-0.1, -0.05) is 36.2 Å². The van der Waals surface area contributed by atoms with Crippen LogP contribution in [-0.4, -0.2) is 48.3 Å². The van der Waals surface area contributed by atoms with Gasteiger partial charge in [0, 0.05) is 55.0 Å². The molecule has 0 bridgehead atoms. The second-order valence-corrected chi connectivity index (χ2v) is 11.2. The summed E-state index contributed by atoms with van der Waals surface area (Å²) in [7, 11) is 0. The van der Waals surface area contributed by atoms with E-state index in [4.69, 9.17) is 23.2 Å². The summed E-state index contributed by atoms with van der Waals surface area (Å²) in [5.41, 5.74) is 2.63. The van der Waals surface area contributed by atoms with Crippen LogP contribution in [0.5, 0.6) is 0 Å². The lowest BCUT2D eigenvalue weighted by Gasteiger charge is -2.34. The summed E-state index contributed by atoms with van der Waals surface area (Å²) in [6.45, 7) is 8.52. The Bertz CT molecular complexity index is 880. The maximum Gasteiger partial charge on any atom is 0.133 e. The van der Waals surface area contributed by atoms with Crippen LogP contribution in [0.25, 0.3) is 0 Å². The highest BCUT2D eigenvalue weighted by molar-refractivity contribution is 7.08. The molecule has 2 fully saturated rings. The van der Waals surface area contributed by atoms with Gasteiger partial charge < -0.3 is 4.90 Å². The average molecular weight is 494 g/mol. The molecule has 0 N–H and O–H groups in total. The lowest BCUT2D eigenvalue weighted by atomic mass is 9.87. The molecular weight excluding hydrogens is 459 g/mol. The van der Waals surface area contributed by atoms with E-state index in [-0.39, 0.29) is 0 Å². The zero-order valence-electron chi connectivity index (χ0n) is 18.9. The molecule has 4 rings (SSSR count). The molecule has 3 heterocycles. The van der Waals surface area contributed by atoms with Crippen LogP contribution in [0.1, 0.15) is 56.1 Å². The highest BCUT2D eigenvalue weighted by Crippen LogP contribution is 2.36. The third kappa shape index (κ3) is 6.36. The highest BCUT2D eigenvalue weighted by atomic mass is 35.5. The molecule has 6 heteroatoms. The van der Waals surface area contributed by atoms with Gasteiger partial charge in [-0.05, 0) is 84.3 Å². The molecule has 174 valence electrons. The third-order valence-corrected chi connectivity index (χ3v) is 8.43. The van der Waals surface area contributed by atoms with Crippen LogP contribution in [0.15, 0.2) is 35.0 Å². The topological polar surface area (TPSA) is 23.6 Å². The molecule has 1 aromatic heterocycles. The van der Waals surface area contributed by atoms with Crippen LogP contribution in [0.3, 0.4) is 0 Å². The van der Waals surface area contributed by atoms with Crippen molar-refractivity contribution in [3.63, 3.8) is 0 Å². The van der Waals surface area contributed by atoms with Crippen LogP contribution in [0.4, 0.5) is 0 Å².